The summed E-state index contributed by atoms with van der Waals surface area (Å²) >= 11 is 0. The summed E-state index contributed by atoms with van der Waals surface area (Å²) in [6.45, 7) is 2.26. The molecule has 1 aromatic rings. The average Bonchev–Trinajstić information content (AvgIpc) is 2.52. The highest BCUT2D eigenvalue weighted by Gasteiger charge is 2.27. The zero-order valence-corrected chi connectivity index (χ0v) is 12.7. The lowest BCUT2D eigenvalue weighted by Gasteiger charge is -2.31. The van der Waals surface area contributed by atoms with Crippen molar-refractivity contribution in [3.63, 3.8) is 0 Å². The number of unbranched alkanes of at least 4 members (excludes halogenated alkanes) is 1. The maximum atomic E-state index is 10.5. The van der Waals surface area contributed by atoms with E-state index < -0.39 is 6.10 Å². The molecular formula is C17H27NO2. The predicted octanol–water partition coefficient (Wildman–Crippen LogP) is 4.12. The van der Waals surface area contributed by atoms with Gasteiger partial charge in [0.25, 0.3) is 0 Å². The summed E-state index contributed by atoms with van der Waals surface area (Å²) < 4.78 is 5.18. The first-order valence-corrected chi connectivity index (χ1v) is 7.91. The third kappa shape index (κ3) is 3.95. The summed E-state index contributed by atoms with van der Waals surface area (Å²) in [4.78, 5) is 4.14. The Morgan fingerprint density at radius 3 is 2.70 bits per heavy atom. The van der Waals surface area contributed by atoms with E-state index in [0.717, 1.165) is 30.1 Å². The molecule has 2 rings (SSSR count). The van der Waals surface area contributed by atoms with Crippen molar-refractivity contribution < 1.29 is 9.84 Å². The minimum Gasteiger partial charge on any atom is -0.495 e. The van der Waals surface area contributed by atoms with Crippen molar-refractivity contribution in [3.05, 3.63) is 24.0 Å². The van der Waals surface area contributed by atoms with E-state index in [1.807, 2.05) is 6.07 Å². The molecule has 0 radical (unpaired) electrons. The molecular weight excluding hydrogens is 250 g/mol. The van der Waals surface area contributed by atoms with E-state index in [4.69, 9.17) is 4.74 Å². The van der Waals surface area contributed by atoms with Gasteiger partial charge in [-0.3, -0.25) is 4.98 Å². The molecule has 0 saturated heterocycles. The molecule has 3 heteroatoms. The van der Waals surface area contributed by atoms with Gasteiger partial charge in [0.1, 0.15) is 5.75 Å². The molecule has 1 saturated carbocycles. The van der Waals surface area contributed by atoms with Gasteiger partial charge in [0.05, 0.1) is 19.4 Å². The number of ether oxygens (including phenoxy) is 1. The van der Waals surface area contributed by atoms with Gasteiger partial charge in [-0.15, -0.1) is 0 Å². The molecule has 20 heavy (non-hydrogen) atoms. The molecule has 0 spiro atoms. The molecule has 112 valence electrons. The Morgan fingerprint density at radius 1 is 1.30 bits per heavy atom. The minimum absolute atomic E-state index is 0.377. The van der Waals surface area contributed by atoms with Gasteiger partial charge < -0.3 is 9.84 Å². The van der Waals surface area contributed by atoms with Gasteiger partial charge >= 0.3 is 0 Å². The molecule has 1 N–H and O–H groups in total. The third-order valence-electron chi connectivity index (χ3n) is 4.62. The van der Waals surface area contributed by atoms with Crippen molar-refractivity contribution in [2.24, 2.45) is 11.8 Å². The van der Waals surface area contributed by atoms with E-state index >= 15 is 0 Å². The highest BCUT2D eigenvalue weighted by atomic mass is 16.5. The highest BCUT2D eigenvalue weighted by molar-refractivity contribution is 5.25. The second-order valence-corrected chi connectivity index (χ2v) is 6.03. The lowest BCUT2D eigenvalue weighted by atomic mass is 9.76. The van der Waals surface area contributed by atoms with E-state index in [1.54, 1.807) is 19.5 Å². The number of nitrogens with zero attached hydrogens (tertiary/aromatic N) is 1. The van der Waals surface area contributed by atoms with Gasteiger partial charge in [0.15, 0.2) is 0 Å². The van der Waals surface area contributed by atoms with Crippen LogP contribution in [0, 0.1) is 11.8 Å². The summed E-state index contributed by atoms with van der Waals surface area (Å²) in [5.41, 5.74) is 0.890. The van der Waals surface area contributed by atoms with Crippen LogP contribution < -0.4 is 4.74 Å². The first-order valence-electron chi connectivity index (χ1n) is 7.91. The minimum atomic E-state index is -0.398. The number of hydrogen-bond donors (Lipinski definition) is 1. The van der Waals surface area contributed by atoms with E-state index in [0.29, 0.717) is 5.92 Å². The number of aliphatic hydroxyl groups excluding tert-OH is 1. The third-order valence-corrected chi connectivity index (χ3v) is 4.62. The van der Waals surface area contributed by atoms with Crippen molar-refractivity contribution in [2.75, 3.05) is 7.11 Å². The Labute approximate surface area is 122 Å². The number of aromatic nitrogens is 1. The van der Waals surface area contributed by atoms with Crippen LogP contribution in [-0.4, -0.2) is 17.2 Å². The first-order chi connectivity index (χ1) is 9.74. The molecule has 1 atom stereocenters. The second kappa shape index (κ2) is 7.63. The highest BCUT2D eigenvalue weighted by Crippen LogP contribution is 2.38. The molecule has 0 amide bonds. The van der Waals surface area contributed by atoms with Crippen molar-refractivity contribution in [3.8, 4) is 5.75 Å². The van der Waals surface area contributed by atoms with Crippen LogP contribution in [0.4, 0.5) is 0 Å². The summed E-state index contributed by atoms with van der Waals surface area (Å²) in [5, 5.41) is 10.5. The lowest BCUT2D eigenvalue weighted by molar-refractivity contribution is 0.0715. The maximum Gasteiger partial charge on any atom is 0.137 e. The fourth-order valence-electron chi connectivity index (χ4n) is 3.27. The number of aliphatic hydroxyl groups is 1. The van der Waals surface area contributed by atoms with Crippen LogP contribution in [0.3, 0.4) is 0 Å². The van der Waals surface area contributed by atoms with Gasteiger partial charge in [-0.25, -0.2) is 0 Å². The second-order valence-electron chi connectivity index (χ2n) is 6.03. The Bertz CT molecular complexity index is 400. The topological polar surface area (TPSA) is 42.4 Å². The van der Waals surface area contributed by atoms with Gasteiger partial charge in [-0.05, 0) is 30.7 Å². The smallest absolute Gasteiger partial charge is 0.137 e. The number of methoxy groups -OCH3 is 1. The lowest BCUT2D eigenvalue weighted by Crippen LogP contribution is -2.20. The summed E-state index contributed by atoms with van der Waals surface area (Å²) in [5.74, 6) is 1.97. The van der Waals surface area contributed by atoms with E-state index in [-0.39, 0.29) is 0 Å². The Morgan fingerprint density at radius 2 is 2.05 bits per heavy atom. The van der Waals surface area contributed by atoms with E-state index in [2.05, 4.69) is 11.9 Å². The number of pyridine rings is 1. The summed E-state index contributed by atoms with van der Waals surface area (Å²) in [6.07, 6.45) is 11.8. The summed E-state index contributed by atoms with van der Waals surface area (Å²) in [6, 6.07) is 1.90. The van der Waals surface area contributed by atoms with Crippen LogP contribution in [0.5, 0.6) is 5.75 Å². The Balaban J connectivity index is 1.89. The molecule has 1 aliphatic carbocycles. The maximum absolute atomic E-state index is 10.5. The first kappa shape index (κ1) is 15.3. The normalized spacial score (nSPS) is 24.4. The summed E-state index contributed by atoms with van der Waals surface area (Å²) in [7, 11) is 1.63. The predicted molar refractivity (Wildman–Crippen MR) is 80.7 cm³/mol. The Hall–Kier alpha value is -1.09. The zero-order chi connectivity index (χ0) is 14.4. The number of rotatable bonds is 6. The quantitative estimate of drug-likeness (QED) is 0.850. The van der Waals surface area contributed by atoms with Gasteiger partial charge in [-0.2, -0.15) is 0 Å². The van der Waals surface area contributed by atoms with Crippen molar-refractivity contribution in [2.45, 2.75) is 58.0 Å². The Kier molecular flexibility index (Phi) is 5.84. The molecule has 1 heterocycles. The fraction of sp³-hybridized carbons (Fsp3) is 0.706. The van der Waals surface area contributed by atoms with Crippen LogP contribution in [-0.2, 0) is 0 Å². The van der Waals surface area contributed by atoms with Crippen molar-refractivity contribution >= 4 is 0 Å². The molecule has 3 nitrogen and oxygen atoms in total. The van der Waals surface area contributed by atoms with Crippen molar-refractivity contribution in [1.82, 2.24) is 4.98 Å². The molecule has 1 aromatic heterocycles. The standard InChI is InChI=1S/C17H27NO2/c1-3-4-5-13-6-8-14(9-7-13)17(19)15-10-16(20-2)12-18-11-15/h10-14,17,19H,3-9H2,1-2H3. The van der Waals surface area contributed by atoms with Crippen molar-refractivity contribution in [1.29, 1.82) is 0 Å². The monoisotopic (exact) mass is 277 g/mol. The zero-order valence-electron chi connectivity index (χ0n) is 12.7. The molecule has 0 aliphatic heterocycles. The van der Waals surface area contributed by atoms with Gasteiger partial charge in [0.2, 0.25) is 0 Å². The van der Waals surface area contributed by atoms with Crippen LogP contribution in [0.25, 0.3) is 0 Å². The van der Waals surface area contributed by atoms with Gasteiger partial charge in [0, 0.05) is 11.8 Å². The average molecular weight is 277 g/mol. The van der Waals surface area contributed by atoms with Crippen LogP contribution in [0.15, 0.2) is 18.5 Å². The van der Waals surface area contributed by atoms with Crippen LogP contribution in [0.1, 0.15) is 63.5 Å². The molecule has 0 aromatic carbocycles. The fourth-order valence-corrected chi connectivity index (χ4v) is 3.27. The van der Waals surface area contributed by atoms with E-state index in [1.165, 1.54) is 32.1 Å². The van der Waals surface area contributed by atoms with Crippen LogP contribution >= 0.6 is 0 Å². The molecule has 1 unspecified atom stereocenters. The largest absolute Gasteiger partial charge is 0.495 e. The molecule has 1 aliphatic rings. The van der Waals surface area contributed by atoms with Gasteiger partial charge in [-0.1, -0.05) is 39.0 Å². The van der Waals surface area contributed by atoms with Crippen LogP contribution in [0.2, 0.25) is 0 Å². The van der Waals surface area contributed by atoms with E-state index in [9.17, 15) is 5.11 Å². The molecule has 1 fully saturated rings. The SMILES string of the molecule is CCCCC1CCC(C(O)c2cncc(OC)c2)CC1. The molecule has 0 bridgehead atoms. The number of hydrogen-bond acceptors (Lipinski definition) is 3.